The Morgan fingerprint density at radius 1 is 1.62 bits per heavy atom. The quantitative estimate of drug-likeness (QED) is 0.672. The Kier molecular flexibility index (Phi) is 3.71. The number of aliphatic hydroxyl groups is 1. The van der Waals surface area contributed by atoms with Crippen molar-refractivity contribution in [3.05, 3.63) is 0 Å². The zero-order chi connectivity index (χ0) is 9.90. The molecule has 3 N–H and O–H groups in total. The molecule has 0 aromatic carbocycles. The standard InChI is InChI=1S/C10H22N2O/c1-9(6-11)7-12-5-3-4-10(2,13)8-12/h9,13H,3-8,11H2,1-2H3. The van der Waals surface area contributed by atoms with Gasteiger partial charge in [0.25, 0.3) is 0 Å². The number of nitrogens with zero attached hydrogens (tertiary/aromatic N) is 1. The number of hydrogen-bond acceptors (Lipinski definition) is 3. The summed E-state index contributed by atoms with van der Waals surface area (Å²) in [6.07, 6.45) is 2.03. The zero-order valence-corrected chi connectivity index (χ0v) is 8.79. The maximum Gasteiger partial charge on any atom is 0.0746 e. The van der Waals surface area contributed by atoms with Crippen LogP contribution in [0.4, 0.5) is 0 Å². The minimum absolute atomic E-state index is 0.480. The Labute approximate surface area is 80.9 Å². The lowest BCUT2D eigenvalue weighted by Crippen LogP contribution is -2.47. The fraction of sp³-hybridized carbons (Fsp3) is 1.00. The first-order valence-electron chi connectivity index (χ1n) is 5.18. The number of rotatable bonds is 3. The lowest BCUT2D eigenvalue weighted by atomic mass is 9.94. The van der Waals surface area contributed by atoms with E-state index < -0.39 is 5.60 Å². The van der Waals surface area contributed by atoms with Crippen molar-refractivity contribution in [3.8, 4) is 0 Å². The normalized spacial score (nSPS) is 33.2. The van der Waals surface area contributed by atoms with Crippen LogP contribution in [0.1, 0.15) is 26.7 Å². The van der Waals surface area contributed by atoms with Crippen LogP contribution >= 0.6 is 0 Å². The second-order valence-corrected chi connectivity index (χ2v) is 4.68. The van der Waals surface area contributed by atoms with Crippen LogP contribution in [0.2, 0.25) is 0 Å². The van der Waals surface area contributed by atoms with Crippen molar-refractivity contribution >= 4 is 0 Å². The van der Waals surface area contributed by atoms with Crippen molar-refractivity contribution in [2.24, 2.45) is 11.7 Å². The molecule has 3 heteroatoms. The van der Waals surface area contributed by atoms with Crippen LogP contribution in [0, 0.1) is 5.92 Å². The summed E-state index contributed by atoms with van der Waals surface area (Å²) < 4.78 is 0. The van der Waals surface area contributed by atoms with Gasteiger partial charge in [-0.3, -0.25) is 0 Å². The summed E-state index contributed by atoms with van der Waals surface area (Å²) >= 11 is 0. The average molecular weight is 186 g/mol. The molecule has 1 rings (SSSR count). The van der Waals surface area contributed by atoms with Crippen molar-refractivity contribution in [1.29, 1.82) is 0 Å². The van der Waals surface area contributed by atoms with E-state index in [0.29, 0.717) is 5.92 Å². The maximum atomic E-state index is 9.86. The van der Waals surface area contributed by atoms with E-state index in [4.69, 9.17) is 5.73 Å². The van der Waals surface area contributed by atoms with Crippen molar-refractivity contribution in [2.45, 2.75) is 32.3 Å². The second-order valence-electron chi connectivity index (χ2n) is 4.68. The average Bonchev–Trinajstić information content (AvgIpc) is 2.02. The van der Waals surface area contributed by atoms with E-state index >= 15 is 0 Å². The molecular formula is C10H22N2O. The van der Waals surface area contributed by atoms with Crippen LogP contribution in [-0.2, 0) is 0 Å². The highest BCUT2D eigenvalue weighted by molar-refractivity contribution is 4.83. The molecule has 0 aromatic rings. The molecular weight excluding hydrogens is 164 g/mol. The molecule has 3 nitrogen and oxygen atoms in total. The second kappa shape index (κ2) is 4.40. The monoisotopic (exact) mass is 186 g/mol. The van der Waals surface area contributed by atoms with Crippen LogP contribution in [0.25, 0.3) is 0 Å². The summed E-state index contributed by atoms with van der Waals surface area (Å²) in [5, 5.41) is 9.86. The smallest absolute Gasteiger partial charge is 0.0746 e. The number of β-amino-alcohol motifs (C(OH)–C–C–N with tert-alkyl or cyclic N) is 1. The molecule has 78 valence electrons. The van der Waals surface area contributed by atoms with Crippen molar-refractivity contribution in [1.82, 2.24) is 4.90 Å². The van der Waals surface area contributed by atoms with Gasteiger partial charge in [-0.15, -0.1) is 0 Å². The lowest BCUT2D eigenvalue weighted by Gasteiger charge is -2.37. The third-order valence-electron chi connectivity index (χ3n) is 2.73. The van der Waals surface area contributed by atoms with Gasteiger partial charge in [-0.2, -0.15) is 0 Å². The molecule has 2 atom stereocenters. The SMILES string of the molecule is CC(CN)CN1CCCC(C)(O)C1. The van der Waals surface area contributed by atoms with Crippen LogP contribution in [0.3, 0.4) is 0 Å². The number of piperidine rings is 1. The van der Waals surface area contributed by atoms with E-state index in [1.807, 2.05) is 6.92 Å². The Hall–Kier alpha value is -0.120. The Morgan fingerprint density at radius 2 is 2.31 bits per heavy atom. The number of likely N-dealkylation sites (tertiary alicyclic amines) is 1. The molecule has 0 aromatic heterocycles. The first kappa shape index (κ1) is 11.0. The van der Waals surface area contributed by atoms with Gasteiger partial charge in [0.1, 0.15) is 0 Å². The summed E-state index contributed by atoms with van der Waals surface area (Å²) in [7, 11) is 0. The van der Waals surface area contributed by atoms with Gasteiger partial charge in [-0.05, 0) is 38.8 Å². The summed E-state index contributed by atoms with van der Waals surface area (Å²) in [6, 6.07) is 0. The molecule has 1 fully saturated rings. The van der Waals surface area contributed by atoms with Crippen molar-refractivity contribution < 1.29 is 5.11 Å². The fourth-order valence-electron chi connectivity index (χ4n) is 1.99. The largest absolute Gasteiger partial charge is 0.389 e. The lowest BCUT2D eigenvalue weighted by molar-refractivity contribution is -0.0188. The van der Waals surface area contributed by atoms with Gasteiger partial charge in [0.15, 0.2) is 0 Å². The van der Waals surface area contributed by atoms with E-state index in [1.165, 1.54) is 0 Å². The highest BCUT2D eigenvalue weighted by atomic mass is 16.3. The van der Waals surface area contributed by atoms with Gasteiger partial charge in [-0.25, -0.2) is 0 Å². The topological polar surface area (TPSA) is 49.5 Å². The van der Waals surface area contributed by atoms with Crippen LogP contribution < -0.4 is 5.73 Å². The van der Waals surface area contributed by atoms with Crippen LogP contribution in [0.15, 0.2) is 0 Å². The number of hydrogen-bond donors (Lipinski definition) is 2. The van der Waals surface area contributed by atoms with Crippen molar-refractivity contribution in [2.75, 3.05) is 26.2 Å². The third kappa shape index (κ3) is 3.63. The molecule has 0 amide bonds. The van der Waals surface area contributed by atoms with Gasteiger partial charge in [-0.1, -0.05) is 6.92 Å². The molecule has 1 heterocycles. The first-order valence-corrected chi connectivity index (χ1v) is 5.18. The highest BCUT2D eigenvalue weighted by Crippen LogP contribution is 2.20. The summed E-state index contributed by atoms with van der Waals surface area (Å²) in [6.45, 7) is 7.75. The molecule has 1 aliphatic rings. The van der Waals surface area contributed by atoms with Gasteiger partial charge in [0.2, 0.25) is 0 Å². The van der Waals surface area contributed by atoms with E-state index in [2.05, 4.69) is 11.8 Å². The fourth-order valence-corrected chi connectivity index (χ4v) is 1.99. The van der Waals surface area contributed by atoms with Crippen LogP contribution in [0.5, 0.6) is 0 Å². The molecule has 2 unspecified atom stereocenters. The Balaban J connectivity index is 2.34. The van der Waals surface area contributed by atoms with E-state index in [-0.39, 0.29) is 0 Å². The van der Waals surface area contributed by atoms with E-state index in [0.717, 1.165) is 39.0 Å². The van der Waals surface area contributed by atoms with Crippen molar-refractivity contribution in [3.63, 3.8) is 0 Å². The molecule has 13 heavy (non-hydrogen) atoms. The molecule has 0 radical (unpaired) electrons. The predicted molar refractivity (Wildman–Crippen MR) is 54.5 cm³/mol. The summed E-state index contributed by atoms with van der Waals surface area (Å²) in [5.74, 6) is 0.536. The molecule has 0 bridgehead atoms. The third-order valence-corrected chi connectivity index (χ3v) is 2.73. The molecule has 0 saturated carbocycles. The van der Waals surface area contributed by atoms with E-state index in [1.54, 1.807) is 0 Å². The maximum absolute atomic E-state index is 9.86. The van der Waals surface area contributed by atoms with Gasteiger partial charge in [0.05, 0.1) is 5.60 Å². The van der Waals surface area contributed by atoms with Gasteiger partial charge >= 0.3 is 0 Å². The highest BCUT2D eigenvalue weighted by Gasteiger charge is 2.28. The molecule has 1 saturated heterocycles. The van der Waals surface area contributed by atoms with Crippen LogP contribution in [-0.4, -0.2) is 41.8 Å². The van der Waals surface area contributed by atoms with Gasteiger partial charge < -0.3 is 15.7 Å². The molecule has 1 aliphatic heterocycles. The number of nitrogens with two attached hydrogens (primary N) is 1. The van der Waals surface area contributed by atoms with E-state index in [9.17, 15) is 5.11 Å². The summed E-state index contributed by atoms with van der Waals surface area (Å²) in [5.41, 5.74) is 5.09. The predicted octanol–water partition coefficient (Wildman–Crippen LogP) is 0.428. The summed E-state index contributed by atoms with van der Waals surface area (Å²) in [4.78, 5) is 2.32. The Morgan fingerprint density at radius 3 is 2.85 bits per heavy atom. The molecule has 0 spiro atoms. The minimum atomic E-state index is -0.480. The molecule has 0 aliphatic carbocycles. The Bertz CT molecular complexity index is 159. The minimum Gasteiger partial charge on any atom is -0.389 e. The zero-order valence-electron chi connectivity index (χ0n) is 8.79. The first-order chi connectivity index (χ1) is 6.03. The van der Waals surface area contributed by atoms with Gasteiger partial charge in [0, 0.05) is 13.1 Å².